The molecule has 3 nitrogen and oxygen atoms in total. The van der Waals surface area contributed by atoms with Crippen molar-refractivity contribution in [1.29, 1.82) is 0 Å². The number of amides is 1. The molecular weight excluding hydrogens is 323 g/mol. The Bertz CT molecular complexity index is 614. The molecule has 2 rings (SSSR count). The molecule has 0 aromatic heterocycles. The summed E-state index contributed by atoms with van der Waals surface area (Å²) in [5.74, 6) is -0.443. The molecule has 0 heterocycles. The monoisotopic (exact) mass is 336 g/mol. The molecule has 3 N–H and O–H groups in total. The van der Waals surface area contributed by atoms with E-state index in [9.17, 15) is 9.18 Å². The number of hydrogen-bond donors (Lipinski definition) is 2. The van der Waals surface area contributed by atoms with E-state index in [1.807, 2.05) is 12.1 Å². The molecule has 0 radical (unpaired) electrons. The molecule has 0 aliphatic rings. The number of carbonyl (C=O) groups excluding carboxylic acids is 1. The number of carbonyl (C=O) groups is 1. The predicted molar refractivity (Wildman–Crippen MR) is 80.5 cm³/mol. The maximum Gasteiger partial charge on any atom is 0.224 e. The lowest BCUT2D eigenvalue weighted by atomic mass is 10.1. The summed E-state index contributed by atoms with van der Waals surface area (Å²) in [7, 11) is 0. The van der Waals surface area contributed by atoms with E-state index in [0.29, 0.717) is 11.3 Å². The molecular formula is C15H14BrFN2O. The number of benzene rings is 2. The minimum Gasteiger partial charge on any atom is -0.399 e. The second-order valence-electron chi connectivity index (χ2n) is 4.43. The van der Waals surface area contributed by atoms with Crippen LogP contribution >= 0.6 is 15.9 Å². The molecule has 0 atom stereocenters. The summed E-state index contributed by atoms with van der Waals surface area (Å²) in [6.07, 6.45) is 0.271. The molecule has 0 aliphatic heterocycles. The highest BCUT2D eigenvalue weighted by molar-refractivity contribution is 9.10. The van der Waals surface area contributed by atoms with Crippen molar-refractivity contribution in [3.8, 4) is 0 Å². The molecule has 0 unspecified atom stereocenters. The lowest BCUT2D eigenvalue weighted by molar-refractivity contribution is -0.120. The summed E-state index contributed by atoms with van der Waals surface area (Å²) in [6, 6.07) is 11.5. The molecule has 0 bridgehead atoms. The molecule has 0 aliphatic carbocycles. The smallest absolute Gasteiger partial charge is 0.224 e. The fourth-order valence-electron chi connectivity index (χ4n) is 1.76. The van der Waals surface area contributed by atoms with E-state index >= 15 is 0 Å². The molecule has 1 amide bonds. The number of anilines is 1. The van der Waals surface area contributed by atoms with E-state index < -0.39 is 0 Å². The van der Waals surface area contributed by atoms with E-state index in [2.05, 4.69) is 21.2 Å². The molecule has 0 saturated carbocycles. The lowest BCUT2D eigenvalue weighted by Crippen LogP contribution is -2.24. The summed E-state index contributed by atoms with van der Waals surface area (Å²) in [5, 5.41) is 2.76. The maximum atomic E-state index is 13.1. The van der Waals surface area contributed by atoms with Gasteiger partial charge in [0.25, 0.3) is 0 Å². The van der Waals surface area contributed by atoms with Crippen LogP contribution in [0.5, 0.6) is 0 Å². The first-order valence-electron chi connectivity index (χ1n) is 6.09. The van der Waals surface area contributed by atoms with Crippen LogP contribution in [0.25, 0.3) is 0 Å². The molecule has 2 aromatic carbocycles. The van der Waals surface area contributed by atoms with Crippen LogP contribution in [0, 0.1) is 5.82 Å². The zero-order valence-corrected chi connectivity index (χ0v) is 12.3. The Morgan fingerprint density at radius 1 is 1.20 bits per heavy atom. The van der Waals surface area contributed by atoms with Gasteiger partial charge in [0.05, 0.1) is 6.42 Å². The van der Waals surface area contributed by atoms with Crippen LogP contribution in [0.2, 0.25) is 0 Å². The summed E-state index contributed by atoms with van der Waals surface area (Å²) in [5.41, 5.74) is 7.83. The van der Waals surface area contributed by atoms with Crippen LogP contribution in [0.15, 0.2) is 46.9 Å². The van der Waals surface area contributed by atoms with Gasteiger partial charge in [0, 0.05) is 16.7 Å². The van der Waals surface area contributed by atoms with Crippen molar-refractivity contribution in [2.75, 3.05) is 5.73 Å². The van der Waals surface area contributed by atoms with Gasteiger partial charge in [-0.05, 0) is 41.5 Å². The first-order valence-corrected chi connectivity index (χ1v) is 6.89. The summed E-state index contributed by atoms with van der Waals surface area (Å²) in [4.78, 5) is 11.8. The average molecular weight is 337 g/mol. The first-order chi connectivity index (χ1) is 9.54. The SMILES string of the molecule is Nc1ccc(CC(=O)NCc2cc(F)ccc2Br)cc1. The Hall–Kier alpha value is -1.88. The third kappa shape index (κ3) is 4.06. The third-order valence-electron chi connectivity index (χ3n) is 2.83. The van der Waals surface area contributed by atoms with Gasteiger partial charge in [0.15, 0.2) is 0 Å². The highest BCUT2D eigenvalue weighted by Crippen LogP contribution is 2.17. The van der Waals surface area contributed by atoms with Crippen molar-refractivity contribution in [2.24, 2.45) is 0 Å². The van der Waals surface area contributed by atoms with Crippen LogP contribution in [-0.4, -0.2) is 5.91 Å². The standard InChI is InChI=1S/C15H14BrFN2O/c16-14-6-3-12(17)8-11(14)9-19-15(20)7-10-1-4-13(18)5-2-10/h1-6,8H,7,9,18H2,(H,19,20). The lowest BCUT2D eigenvalue weighted by Gasteiger charge is -2.07. The molecule has 0 saturated heterocycles. The van der Waals surface area contributed by atoms with Crippen molar-refractivity contribution in [1.82, 2.24) is 5.32 Å². The van der Waals surface area contributed by atoms with Gasteiger partial charge in [-0.2, -0.15) is 0 Å². The van der Waals surface area contributed by atoms with Gasteiger partial charge in [-0.1, -0.05) is 28.1 Å². The van der Waals surface area contributed by atoms with Crippen LogP contribution in [0.4, 0.5) is 10.1 Å². The Kier molecular flexibility index (Phi) is 4.74. The van der Waals surface area contributed by atoms with E-state index in [1.54, 1.807) is 18.2 Å². The zero-order valence-electron chi connectivity index (χ0n) is 10.7. The van der Waals surface area contributed by atoms with Crippen molar-refractivity contribution in [3.63, 3.8) is 0 Å². The van der Waals surface area contributed by atoms with Crippen molar-refractivity contribution < 1.29 is 9.18 Å². The fraction of sp³-hybridized carbons (Fsp3) is 0.133. The summed E-state index contributed by atoms with van der Waals surface area (Å²) >= 11 is 3.32. The van der Waals surface area contributed by atoms with E-state index in [-0.39, 0.29) is 24.7 Å². The van der Waals surface area contributed by atoms with Crippen LogP contribution in [0.1, 0.15) is 11.1 Å². The number of nitrogens with one attached hydrogen (secondary N) is 1. The van der Waals surface area contributed by atoms with E-state index in [4.69, 9.17) is 5.73 Å². The normalized spacial score (nSPS) is 10.3. The third-order valence-corrected chi connectivity index (χ3v) is 3.60. The molecule has 20 heavy (non-hydrogen) atoms. The second kappa shape index (κ2) is 6.52. The van der Waals surface area contributed by atoms with Gasteiger partial charge in [0.1, 0.15) is 5.82 Å². The van der Waals surface area contributed by atoms with Gasteiger partial charge in [-0.3, -0.25) is 4.79 Å². The van der Waals surface area contributed by atoms with Gasteiger partial charge in [-0.15, -0.1) is 0 Å². The molecule has 0 spiro atoms. The Labute approximate surface area is 125 Å². The van der Waals surface area contributed by atoms with Crippen molar-refractivity contribution in [3.05, 3.63) is 63.9 Å². The molecule has 0 fully saturated rings. The Morgan fingerprint density at radius 3 is 2.60 bits per heavy atom. The highest BCUT2D eigenvalue weighted by atomic mass is 79.9. The van der Waals surface area contributed by atoms with E-state index in [1.165, 1.54) is 12.1 Å². The van der Waals surface area contributed by atoms with Crippen LogP contribution in [0.3, 0.4) is 0 Å². The number of halogens is 2. The molecule has 5 heteroatoms. The Balaban J connectivity index is 1.92. The van der Waals surface area contributed by atoms with Gasteiger partial charge in [-0.25, -0.2) is 4.39 Å². The quantitative estimate of drug-likeness (QED) is 0.843. The highest BCUT2D eigenvalue weighted by Gasteiger charge is 2.06. The topological polar surface area (TPSA) is 55.1 Å². The fourth-order valence-corrected chi connectivity index (χ4v) is 2.14. The van der Waals surface area contributed by atoms with E-state index in [0.717, 1.165) is 10.0 Å². The predicted octanol–water partition coefficient (Wildman–Crippen LogP) is 3.03. The maximum absolute atomic E-state index is 13.1. The molecule has 2 aromatic rings. The number of rotatable bonds is 4. The van der Waals surface area contributed by atoms with Gasteiger partial charge < -0.3 is 11.1 Å². The van der Waals surface area contributed by atoms with Gasteiger partial charge in [0.2, 0.25) is 5.91 Å². The minimum absolute atomic E-state index is 0.120. The van der Waals surface area contributed by atoms with Crippen LogP contribution < -0.4 is 11.1 Å². The number of hydrogen-bond acceptors (Lipinski definition) is 2. The van der Waals surface area contributed by atoms with Crippen molar-refractivity contribution in [2.45, 2.75) is 13.0 Å². The number of nitrogens with two attached hydrogens (primary N) is 1. The molecule has 104 valence electrons. The van der Waals surface area contributed by atoms with Crippen LogP contribution in [-0.2, 0) is 17.8 Å². The number of nitrogen functional groups attached to an aromatic ring is 1. The van der Waals surface area contributed by atoms with Gasteiger partial charge >= 0.3 is 0 Å². The average Bonchev–Trinajstić information content (AvgIpc) is 2.42. The zero-order chi connectivity index (χ0) is 14.5. The Morgan fingerprint density at radius 2 is 1.90 bits per heavy atom. The largest absolute Gasteiger partial charge is 0.399 e. The summed E-state index contributed by atoms with van der Waals surface area (Å²) < 4.78 is 13.9. The minimum atomic E-state index is -0.323. The summed E-state index contributed by atoms with van der Waals surface area (Å²) in [6.45, 7) is 0.284. The van der Waals surface area contributed by atoms with Crippen molar-refractivity contribution >= 4 is 27.5 Å². The second-order valence-corrected chi connectivity index (χ2v) is 5.29. The first kappa shape index (κ1) is 14.5.